The van der Waals surface area contributed by atoms with Crippen molar-refractivity contribution >= 4 is 28.1 Å². The van der Waals surface area contributed by atoms with Crippen molar-refractivity contribution in [1.29, 1.82) is 0 Å². The number of aromatic nitrogens is 1. The summed E-state index contributed by atoms with van der Waals surface area (Å²) < 4.78 is 13.7. The molecule has 0 aliphatic rings. The number of nitrogens with zero attached hydrogens (tertiary/aromatic N) is 1. The number of halogens is 2. The predicted octanol–water partition coefficient (Wildman–Crippen LogP) is 4.64. The van der Waals surface area contributed by atoms with Crippen LogP contribution in [0, 0.1) is 5.82 Å². The molecule has 1 aromatic heterocycles. The van der Waals surface area contributed by atoms with E-state index in [2.05, 4.69) is 10.3 Å². The summed E-state index contributed by atoms with van der Waals surface area (Å²) in [6, 6.07) is 12.6. The van der Waals surface area contributed by atoms with Crippen LogP contribution >= 0.6 is 11.6 Å². The molecule has 0 fully saturated rings. The fourth-order valence-electron chi connectivity index (χ4n) is 2.14. The highest BCUT2D eigenvalue weighted by Gasteiger charge is 2.04. The molecule has 3 rings (SSSR count). The van der Waals surface area contributed by atoms with E-state index in [-0.39, 0.29) is 5.82 Å². The first-order valence-electron chi connectivity index (χ1n) is 6.24. The van der Waals surface area contributed by atoms with E-state index < -0.39 is 0 Å². The monoisotopic (exact) mass is 286 g/mol. The van der Waals surface area contributed by atoms with E-state index in [0.717, 1.165) is 16.3 Å². The molecule has 20 heavy (non-hydrogen) atoms. The third kappa shape index (κ3) is 2.58. The Kier molecular flexibility index (Phi) is 3.52. The van der Waals surface area contributed by atoms with Crippen LogP contribution in [-0.4, -0.2) is 4.98 Å². The maximum absolute atomic E-state index is 13.7. The Morgan fingerprint density at radius 1 is 1.10 bits per heavy atom. The highest BCUT2D eigenvalue weighted by atomic mass is 35.5. The third-order valence-corrected chi connectivity index (χ3v) is 3.39. The Labute approximate surface area is 121 Å². The van der Waals surface area contributed by atoms with Gasteiger partial charge in [-0.1, -0.05) is 35.9 Å². The molecule has 0 atom stereocenters. The second-order valence-electron chi connectivity index (χ2n) is 4.50. The molecule has 0 amide bonds. The summed E-state index contributed by atoms with van der Waals surface area (Å²) in [4.78, 5) is 4.21. The zero-order valence-corrected chi connectivity index (χ0v) is 11.4. The minimum atomic E-state index is -0.356. The van der Waals surface area contributed by atoms with Gasteiger partial charge < -0.3 is 5.32 Å². The summed E-state index contributed by atoms with van der Waals surface area (Å²) in [6.07, 6.45) is 3.62. The van der Waals surface area contributed by atoms with E-state index in [1.54, 1.807) is 18.3 Å². The molecule has 2 aromatic carbocycles. The average Bonchev–Trinajstić information content (AvgIpc) is 2.46. The maximum Gasteiger partial charge on any atom is 0.147 e. The van der Waals surface area contributed by atoms with Crippen molar-refractivity contribution in [2.24, 2.45) is 0 Å². The molecule has 0 unspecified atom stereocenters. The molecule has 100 valence electrons. The van der Waals surface area contributed by atoms with E-state index >= 15 is 0 Å². The standard InChI is InChI=1S/C16H12ClFN2/c17-13-5-6-16(15(18)7-13)20-10-12-9-19-8-11-3-1-2-4-14(11)12/h1-9,20H,10H2. The van der Waals surface area contributed by atoms with Crippen LogP contribution in [0.15, 0.2) is 54.9 Å². The summed E-state index contributed by atoms with van der Waals surface area (Å²) >= 11 is 5.73. The van der Waals surface area contributed by atoms with Crippen molar-refractivity contribution in [2.75, 3.05) is 5.32 Å². The molecular weight excluding hydrogens is 275 g/mol. The van der Waals surface area contributed by atoms with Crippen LogP contribution in [0.5, 0.6) is 0 Å². The number of hydrogen-bond acceptors (Lipinski definition) is 2. The number of rotatable bonds is 3. The lowest BCUT2D eigenvalue weighted by molar-refractivity contribution is 0.630. The fraction of sp³-hybridized carbons (Fsp3) is 0.0625. The fourth-order valence-corrected chi connectivity index (χ4v) is 2.30. The molecule has 0 aliphatic heterocycles. The van der Waals surface area contributed by atoms with Crippen LogP contribution in [0.1, 0.15) is 5.56 Å². The average molecular weight is 287 g/mol. The lowest BCUT2D eigenvalue weighted by Crippen LogP contribution is -2.02. The smallest absolute Gasteiger partial charge is 0.147 e. The molecule has 3 aromatic rings. The minimum Gasteiger partial charge on any atom is -0.379 e. The molecule has 0 aliphatic carbocycles. The topological polar surface area (TPSA) is 24.9 Å². The SMILES string of the molecule is Fc1cc(Cl)ccc1NCc1cncc2ccccc12. The number of pyridine rings is 1. The molecule has 0 saturated carbocycles. The third-order valence-electron chi connectivity index (χ3n) is 3.15. The number of anilines is 1. The van der Waals surface area contributed by atoms with Gasteiger partial charge in [0.2, 0.25) is 0 Å². The van der Waals surface area contributed by atoms with Crippen molar-refractivity contribution in [3.8, 4) is 0 Å². The van der Waals surface area contributed by atoms with Crippen molar-refractivity contribution < 1.29 is 4.39 Å². The van der Waals surface area contributed by atoms with Gasteiger partial charge in [-0.05, 0) is 29.1 Å². The molecule has 0 saturated heterocycles. The quantitative estimate of drug-likeness (QED) is 0.759. The van der Waals surface area contributed by atoms with Crippen LogP contribution in [0.3, 0.4) is 0 Å². The molecule has 1 heterocycles. The summed E-state index contributed by atoms with van der Waals surface area (Å²) in [5.74, 6) is -0.356. The largest absolute Gasteiger partial charge is 0.379 e. The normalized spacial score (nSPS) is 10.7. The van der Waals surface area contributed by atoms with Gasteiger partial charge in [0.15, 0.2) is 0 Å². The first-order valence-corrected chi connectivity index (χ1v) is 6.62. The molecule has 4 heteroatoms. The van der Waals surface area contributed by atoms with Crippen molar-refractivity contribution in [2.45, 2.75) is 6.54 Å². The molecule has 1 N–H and O–H groups in total. The van der Waals surface area contributed by atoms with Crippen molar-refractivity contribution in [3.63, 3.8) is 0 Å². The Bertz CT molecular complexity index is 753. The molecular formula is C16H12ClFN2. The predicted molar refractivity (Wildman–Crippen MR) is 80.5 cm³/mol. The highest BCUT2D eigenvalue weighted by Crippen LogP contribution is 2.21. The van der Waals surface area contributed by atoms with Gasteiger partial charge in [-0.15, -0.1) is 0 Å². The van der Waals surface area contributed by atoms with Crippen LogP contribution in [-0.2, 0) is 6.54 Å². The Hall–Kier alpha value is -2.13. The Morgan fingerprint density at radius 3 is 2.80 bits per heavy atom. The Morgan fingerprint density at radius 2 is 1.95 bits per heavy atom. The lowest BCUT2D eigenvalue weighted by atomic mass is 10.1. The summed E-state index contributed by atoms with van der Waals surface area (Å²) in [5, 5.41) is 5.65. The first kappa shape index (κ1) is 12.9. The number of hydrogen-bond donors (Lipinski definition) is 1. The van der Waals surface area contributed by atoms with Crippen LogP contribution in [0.4, 0.5) is 10.1 Å². The van der Waals surface area contributed by atoms with Gasteiger partial charge in [-0.3, -0.25) is 4.98 Å². The van der Waals surface area contributed by atoms with Gasteiger partial charge >= 0.3 is 0 Å². The van der Waals surface area contributed by atoms with Gasteiger partial charge in [-0.2, -0.15) is 0 Å². The van der Waals surface area contributed by atoms with E-state index in [1.807, 2.05) is 30.5 Å². The molecule has 0 spiro atoms. The number of nitrogens with one attached hydrogen (secondary N) is 1. The molecule has 0 bridgehead atoms. The Balaban J connectivity index is 1.87. The van der Waals surface area contributed by atoms with Gasteiger partial charge in [0.05, 0.1) is 5.69 Å². The minimum absolute atomic E-state index is 0.356. The van der Waals surface area contributed by atoms with Gasteiger partial charge in [0.1, 0.15) is 5.82 Å². The van der Waals surface area contributed by atoms with E-state index in [4.69, 9.17) is 11.6 Å². The summed E-state index contributed by atoms with van der Waals surface area (Å²) in [5.41, 5.74) is 1.46. The van der Waals surface area contributed by atoms with E-state index in [9.17, 15) is 4.39 Å². The maximum atomic E-state index is 13.7. The molecule has 2 nitrogen and oxygen atoms in total. The lowest BCUT2D eigenvalue weighted by Gasteiger charge is -2.10. The van der Waals surface area contributed by atoms with E-state index in [0.29, 0.717) is 17.3 Å². The summed E-state index contributed by atoms with van der Waals surface area (Å²) in [6.45, 7) is 0.507. The highest BCUT2D eigenvalue weighted by molar-refractivity contribution is 6.30. The van der Waals surface area contributed by atoms with Gasteiger partial charge in [-0.25, -0.2) is 4.39 Å². The van der Waals surface area contributed by atoms with Crippen LogP contribution in [0.2, 0.25) is 5.02 Å². The zero-order chi connectivity index (χ0) is 13.9. The zero-order valence-electron chi connectivity index (χ0n) is 10.6. The van der Waals surface area contributed by atoms with Crippen LogP contribution < -0.4 is 5.32 Å². The van der Waals surface area contributed by atoms with Gasteiger partial charge in [0, 0.05) is 29.3 Å². The molecule has 0 radical (unpaired) electrons. The number of benzene rings is 2. The van der Waals surface area contributed by atoms with Crippen molar-refractivity contribution in [3.05, 3.63) is 71.3 Å². The second-order valence-corrected chi connectivity index (χ2v) is 4.93. The number of fused-ring (bicyclic) bond motifs is 1. The van der Waals surface area contributed by atoms with Crippen molar-refractivity contribution in [1.82, 2.24) is 4.98 Å². The summed E-state index contributed by atoms with van der Waals surface area (Å²) in [7, 11) is 0. The second kappa shape index (κ2) is 5.47. The first-order chi connectivity index (χ1) is 9.74. The van der Waals surface area contributed by atoms with E-state index in [1.165, 1.54) is 6.07 Å². The van der Waals surface area contributed by atoms with Gasteiger partial charge in [0.25, 0.3) is 0 Å². The van der Waals surface area contributed by atoms with Crippen LogP contribution in [0.25, 0.3) is 10.8 Å².